The summed E-state index contributed by atoms with van der Waals surface area (Å²) in [6.45, 7) is 2.73. The molecule has 0 saturated carbocycles. The quantitative estimate of drug-likeness (QED) is 0.735. The maximum Gasteiger partial charge on any atom is 0.253 e. The average Bonchev–Trinajstić information content (AvgIpc) is 3.21. The van der Waals surface area contributed by atoms with Gasteiger partial charge in [-0.05, 0) is 53.5 Å². The summed E-state index contributed by atoms with van der Waals surface area (Å²) in [5, 5.41) is 9.28. The van der Waals surface area contributed by atoms with Crippen LogP contribution in [0, 0.1) is 0 Å². The van der Waals surface area contributed by atoms with E-state index in [1.807, 2.05) is 18.2 Å². The highest BCUT2D eigenvalue weighted by Crippen LogP contribution is 2.29. The Balaban J connectivity index is 1.56. The van der Waals surface area contributed by atoms with Gasteiger partial charge < -0.3 is 10.2 Å². The monoisotopic (exact) mass is 365 g/mol. The van der Waals surface area contributed by atoms with Gasteiger partial charge in [0.05, 0.1) is 5.56 Å². The molecular formula is C21H23N3OS. The Morgan fingerprint density at radius 1 is 1.12 bits per heavy atom. The van der Waals surface area contributed by atoms with E-state index >= 15 is 0 Å². The minimum atomic E-state index is -0.0471. The summed E-state index contributed by atoms with van der Waals surface area (Å²) in [6, 6.07) is 10.2. The normalized spacial score (nSPS) is 14.5. The summed E-state index contributed by atoms with van der Waals surface area (Å²) in [4.78, 5) is 19.7. The van der Waals surface area contributed by atoms with Gasteiger partial charge in [0, 0.05) is 31.2 Å². The van der Waals surface area contributed by atoms with E-state index in [0.717, 1.165) is 36.1 Å². The minimum Gasteiger partial charge on any atom is -0.356 e. The van der Waals surface area contributed by atoms with Crippen molar-refractivity contribution in [1.29, 1.82) is 0 Å². The van der Waals surface area contributed by atoms with Crippen LogP contribution in [-0.2, 0) is 6.42 Å². The van der Waals surface area contributed by atoms with E-state index in [9.17, 15) is 4.79 Å². The van der Waals surface area contributed by atoms with Gasteiger partial charge in [0.1, 0.15) is 5.82 Å². The average molecular weight is 366 g/mol. The van der Waals surface area contributed by atoms with E-state index in [1.54, 1.807) is 17.5 Å². The lowest BCUT2D eigenvalue weighted by Gasteiger charge is -2.29. The van der Waals surface area contributed by atoms with Gasteiger partial charge in [-0.25, -0.2) is 4.98 Å². The molecule has 1 N–H and O–H groups in total. The number of thiophene rings is 1. The van der Waals surface area contributed by atoms with Crippen molar-refractivity contribution in [3.05, 3.63) is 58.4 Å². The summed E-state index contributed by atoms with van der Waals surface area (Å²) in [5.74, 6) is 0.962. The van der Waals surface area contributed by atoms with E-state index in [4.69, 9.17) is 0 Å². The number of carbonyl (C=O) groups is 1. The summed E-state index contributed by atoms with van der Waals surface area (Å²) in [5.41, 5.74) is 1.92. The van der Waals surface area contributed by atoms with E-state index in [0.29, 0.717) is 12.1 Å². The van der Waals surface area contributed by atoms with E-state index < -0.39 is 0 Å². The SMILES string of the molecule is O=C(NCCc1ccsc1)c1cnc(N2CCCCC2)c2ccccc12. The highest BCUT2D eigenvalue weighted by Gasteiger charge is 2.18. The molecule has 3 aromatic rings. The van der Waals surface area contributed by atoms with Crippen LogP contribution in [0.1, 0.15) is 35.2 Å². The number of rotatable bonds is 5. The fourth-order valence-electron chi connectivity index (χ4n) is 3.57. The molecular weight excluding hydrogens is 342 g/mol. The molecule has 0 radical (unpaired) electrons. The number of fused-ring (bicyclic) bond motifs is 1. The molecule has 0 unspecified atom stereocenters. The van der Waals surface area contributed by atoms with Crippen molar-refractivity contribution in [3.8, 4) is 0 Å². The third-order valence-corrected chi connectivity index (χ3v) is 5.69. The topological polar surface area (TPSA) is 45.2 Å². The number of benzene rings is 1. The molecule has 26 heavy (non-hydrogen) atoms. The fourth-order valence-corrected chi connectivity index (χ4v) is 4.27. The lowest BCUT2D eigenvalue weighted by molar-refractivity contribution is 0.0955. The van der Waals surface area contributed by atoms with Crippen LogP contribution in [0.5, 0.6) is 0 Å². The van der Waals surface area contributed by atoms with Crippen LogP contribution in [0.15, 0.2) is 47.3 Å². The van der Waals surface area contributed by atoms with E-state index in [-0.39, 0.29) is 5.91 Å². The maximum atomic E-state index is 12.7. The first-order chi connectivity index (χ1) is 12.8. The number of hydrogen-bond donors (Lipinski definition) is 1. The highest BCUT2D eigenvalue weighted by molar-refractivity contribution is 7.07. The van der Waals surface area contributed by atoms with Gasteiger partial charge in [0.15, 0.2) is 0 Å². The van der Waals surface area contributed by atoms with Crippen LogP contribution in [0.25, 0.3) is 10.8 Å². The molecule has 0 atom stereocenters. The third-order valence-electron chi connectivity index (χ3n) is 4.95. The van der Waals surface area contributed by atoms with Crippen LogP contribution >= 0.6 is 11.3 Å². The molecule has 1 aliphatic heterocycles. The summed E-state index contributed by atoms with van der Waals surface area (Å²) in [7, 11) is 0. The fraction of sp³-hybridized carbons (Fsp3) is 0.333. The number of amides is 1. The van der Waals surface area contributed by atoms with Gasteiger partial charge >= 0.3 is 0 Å². The Morgan fingerprint density at radius 3 is 2.69 bits per heavy atom. The zero-order valence-electron chi connectivity index (χ0n) is 14.8. The van der Waals surface area contributed by atoms with Crippen LogP contribution in [0.2, 0.25) is 0 Å². The maximum absolute atomic E-state index is 12.7. The molecule has 0 aliphatic carbocycles. The lowest BCUT2D eigenvalue weighted by Crippen LogP contribution is -2.31. The molecule has 4 rings (SSSR count). The zero-order valence-corrected chi connectivity index (χ0v) is 15.6. The molecule has 134 valence electrons. The molecule has 1 aromatic carbocycles. The van der Waals surface area contributed by atoms with Crippen LogP contribution in [-0.4, -0.2) is 30.5 Å². The van der Waals surface area contributed by atoms with Gasteiger partial charge in [-0.3, -0.25) is 4.79 Å². The molecule has 3 heterocycles. The summed E-state index contributed by atoms with van der Waals surface area (Å²) in [6.07, 6.45) is 6.30. The molecule has 2 aromatic heterocycles. The zero-order chi connectivity index (χ0) is 17.8. The number of nitrogens with zero attached hydrogens (tertiary/aromatic N) is 2. The number of carbonyl (C=O) groups excluding carboxylic acids is 1. The first-order valence-electron chi connectivity index (χ1n) is 9.25. The number of anilines is 1. The Kier molecular flexibility index (Phi) is 5.16. The number of aromatic nitrogens is 1. The third kappa shape index (κ3) is 3.58. The Morgan fingerprint density at radius 2 is 1.92 bits per heavy atom. The first-order valence-corrected chi connectivity index (χ1v) is 10.2. The lowest BCUT2D eigenvalue weighted by atomic mass is 10.0. The van der Waals surface area contributed by atoms with Gasteiger partial charge in [0.2, 0.25) is 0 Å². The second kappa shape index (κ2) is 7.87. The van der Waals surface area contributed by atoms with Gasteiger partial charge in [0.25, 0.3) is 5.91 Å². The molecule has 0 spiro atoms. The van der Waals surface area contributed by atoms with Crippen molar-refractivity contribution in [2.45, 2.75) is 25.7 Å². The van der Waals surface area contributed by atoms with Gasteiger partial charge in [-0.15, -0.1) is 0 Å². The van der Waals surface area contributed by atoms with Gasteiger partial charge in [-0.1, -0.05) is 24.3 Å². The predicted octanol–water partition coefficient (Wildman–Crippen LogP) is 4.26. The Bertz CT molecular complexity index is 885. The minimum absolute atomic E-state index is 0.0471. The molecule has 1 fully saturated rings. The van der Waals surface area contributed by atoms with Crippen molar-refractivity contribution >= 4 is 33.8 Å². The van der Waals surface area contributed by atoms with Gasteiger partial charge in [-0.2, -0.15) is 11.3 Å². The number of hydrogen-bond acceptors (Lipinski definition) is 4. The van der Waals surface area contributed by atoms with Crippen molar-refractivity contribution in [2.24, 2.45) is 0 Å². The second-order valence-electron chi connectivity index (χ2n) is 6.73. The number of pyridine rings is 1. The molecule has 5 heteroatoms. The Hall–Kier alpha value is -2.40. The molecule has 1 saturated heterocycles. The molecule has 0 bridgehead atoms. The Labute approximate surface area is 157 Å². The van der Waals surface area contributed by atoms with Crippen LogP contribution in [0.3, 0.4) is 0 Å². The van der Waals surface area contributed by atoms with Crippen molar-refractivity contribution in [3.63, 3.8) is 0 Å². The molecule has 1 aliphatic rings. The summed E-state index contributed by atoms with van der Waals surface area (Å²) >= 11 is 1.68. The van der Waals surface area contributed by atoms with Crippen LogP contribution < -0.4 is 10.2 Å². The first kappa shape index (κ1) is 17.0. The van der Waals surface area contributed by atoms with Crippen LogP contribution in [0.4, 0.5) is 5.82 Å². The molecule has 1 amide bonds. The van der Waals surface area contributed by atoms with Crippen molar-refractivity contribution < 1.29 is 4.79 Å². The number of piperidine rings is 1. The second-order valence-corrected chi connectivity index (χ2v) is 7.51. The number of nitrogens with one attached hydrogen (secondary N) is 1. The van der Waals surface area contributed by atoms with Crippen molar-refractivity contribution in [1.82, 2.24) is 10.3 Å². The van der Waals surface area contributed by atoms with E-state index in [1.165, 1.54) is 24.8 Å². The molecule has 4 nitrogen and oxygen atoms in total. The largest absolute Gasteiger partial charge is 0.356 e. The smallest absolute Gasteiger partial charge is 0.253 e. The summed E-state index contributed by atoms with van der Waals surface area (Å²) < 4.78 is 0. The predicted molar refractivity (Wildman–Crippen MR) is 108 cm³/mol. The highest BCUT2D eigenvalue weighted by atomic mass is 32.1. The van der Waals surface area contributed by atoms with Crippen molar-refractivity contribution in [2.75, 3.05) is 24.5 Å². The standard InChI is InChI=1S/C21H23N3OS/c25-21(22-10-8-16-9-13-26-15-16)19-14-23-20(24-11-4-1-5-12-24)18-7-3-2-6-17(18)19/h2-3,6-7,9,13-15H,1,4-5,8,10-12H2,(H,22,25). The van der Waals surface area contributed by atoms with E-state index in [2.05, 4.69) is 38.1 Å².